The largest absolute Gasteiger partial charge is 0.490 e. The fraction of sp³-hybridized carbons (Fsp3) is 0.600. The summed E-state index contributed by atoms with van der Waals surface area (Å²) in [5.41, 5.74) is 1.40. The van der Waals surface area contributed by atoms with Crippen molar-refractivity contribution in [2.75, 3.05) is 19.7 Å². The predicted molar refractivity (Wildman–Crippen MR) is 82.7 cm³/mol. The van der Waals surface area contributed by atoms with Crippen molar-refractivity contribution in [1.29, 1.82) is 0 Å². The molecule has 1 aromatic carbocycles. The first-order valence-corrected chi connectivity index (χ1v) is 7.35. The van der Waals surface area contributed by atoms with Crippen LogP contribution < -0.4 is 10.1 Å². The second-order valence-corrected chi connectivity index (χ2v) is 6.94. The number of hydrogen-bond acceptors (Lipinski definition) is 3. The van der Waals surface area contributed by atoms with Gasteiger partial charge in [-0.3, -0.25) is 0 Å². The number of aliphatic hydroxyl groups excluding tert-OH is 1. The van der Waals surface area contributed by atoms with E-state index in [1.54, 1.807) is 0 Å². The van der Waals surface area contributed by atoms with E-state index in [0.29, 0.717) is 13.2 Å². The standard InChI is InChI=1S/C15H24BrNO2/c1-11-5-6-14(13(16)7-11)19-9-12(18)8-17-10-15(2,3)4/h5-7,12,17-18H,8-10H2,1-4H3. The van der Waals surface area contributed by atoms with E-state index in [9.17, 15) is 5.11 Å². The van der Waals surface area contributed by atoms with Gasteiger partial charge in [0, 0.05) is 13.1 Å². The summed E-state index contributed by atoms with van der Waals surface area (Å²) < 4.78 is 6.52. The van der Waals surface area contributed by atoms with Crippen LogP contribution in [0.1, 0.15) is 26.3 Å². The molecular formula is C15H24BrNO2. The van der Waals surface area contributed by atoms with Gasteiger partial charge < -0.3 is 15.2 Å². The van der Waals surface area contributed by atoms with Crippen LogP contribution in [0.5, 0.6) is 5.75 Å². The van der Waals surface area contributed by atoms with Gasteiger partial charge in [-0.25, -0.2) is 0 Å². The van der Waals surface area contributed by atoms with Crippen molar-refractivity contribution in [2.45, 2.75) is 33.8 Å². The number of aliphatic hydroxyl groups is 1. The first-order chi connectivity index (χ1) is 8.78. The van der Waals surface area contributed by atoms with E-state index in [-0.39, 0.29) is 5.41 Å². The Balaban J connectivity index is 2.32. The molecule has 0 aliphatic rings. The van der Waals surface area contributed by atoms with Gasteiger partial charge in [-0.05, 0) is 46.0 Å². The molecule has 0 amide bonds. The number of benzene rings is 1. The zero-order valence-electron chi connectivity index (χ0n) is 12.2. The third-order valence-corrected chi connectivity index (χ3v) is 3.17. The van der Waals surface area contributed by atoms with Gasteiger partial charge in [0.25, 0.3) is 0 Å². The average Bonchev–Trinajstić information content (AvgIpc) is 2.26. The van der Waals surface area contributed by atoms with Crippen molar-refractivity contribution in [2.24, 2.45) is 5.41 Å². The Hall–Kier alpha value is -0.580. The maximum Gasteiger partial charge on any atom is 0.133 e. The summed E-state index contributed by atoms with van der Waals surface area (Å²) in [6, 6.07) is 5.90. The number of rotatable bonds is 6. The molecule has 1 unspecified atom stereocenters. The van der Waals surface area contributed by atoms with Gasteiger partial charge in [-0.15, -0.1) is 0 Å². The summed E-state index contributed by atoms with van der Waals surface area (Å²) in [6.45, 7) is 10.2. The van der Waals surface area contributed by atoms with Gasteiger partial charge in [-0.2, -0.15) is 0 Å². The molecule has 0 saturated carbocycles. The first-order valence-electron chi connectivity index (χ1n) is 6.56. The number of nitrogens with one attached hydrogen (secondary N) is 1. The van der Waals surface area contributed by atoms with Crippen LogP contribution >= 0.6 is 15.9 Å². The fourth-order valence-electron chi connectivity index (χ4n) is 1.58. The zero-order valence-corrected chi connectivity index (χ0v) is 13.8. The Kier molecular flexibility index (Phi) is 6.30. The van der Waals surface area contributed by atoms with Gasteiger partial charge in [0.1, 0.15) is 18.5 Å². The van der Waals surface area contributed by atoms with Crippen LogP contribution in [0.4, 0.5) is 0 Å². The topological polar surface area (TPSA) is 41.5 Å². The van der Waals surface area contributed by atoms with Crippen molar-refractivity contribution in [3.63, 3.8) is 0 Å². The van der Waals surface area contributed by atoms with Crippen molar-refractivity contribution >= 4 is 15.9 Å². The smallest absolute Gasteiger partial charge is 0.133 e. The molecule has 1 rings (SSSR count). The Labute approximate surface area is 124 Å². The van der Waals surface area contributed by atoms with E-state index in [1.807, 2.05) is 25.1 Å². The summed E-state index contributed by atoms with van der Waals surface area (Å²) in [5.74, 6) is 0.764. The van der Waals surface area contributed by atoms with Crippen molar-refractivity contribution in [3.8, 4) is 5.75 Å². The molecule has 0 spiro atoms. The summed E-state index contributed by atoms with van der Waals surface area (Å²) in [7, 11) is 0. The molecule has 0 bridgehead atoms. The van der Waals surface area contributed by atoms with Crippen LogP contribution in [0.15, 0.2) is 22.7 Å². The molecule has 0 radical (unpaired) electrons. The van der Waals surface area contributed by atoms with Crippen molar-refractivity contribution in [3.05, 3.63) is 28.2 Å². The van der Waals surface area contributed by atoms with E-state index in [0.717, 1.165) is 16.8 Å². The minimum absolute atomic E-state index is 0.223. The quantitative estimate of drug-likeness (QED) is 0.842. The summed E-state index contributed by atoms with van der Waals surface area (Å²) >= 11 is 3.45. The molecule has 0 aromatic heterocycles. The van der Waals surface area contributed by atoms with Gasteiger partial charge in [0.2, 0.25) is 0 Å². The molecular weight excluding hydrogens is 306 g/mol. The Morgan fingerprint density at radius 3 is 2.63 bits per heavy atom. The highest BCUT2D eigenvalue weighted by Crippen LogP contribution is 2.25. The molecule has 1 aromatic rings. The molecule has 0 aliphatic carbocycles. The monoisotopic (exact) mass is 329 g/mol. The minimum atomic E-state index is -0.504. The lowest BCUT2D eigenvalue weighted by Gasteiger charge is -2.20. The summed E-state index contributed by atoms with van der Waals surface area (Å²) in [5, 5.41) is 13.1. The van der Waals surface area contributed by atoms with Gasteiger partial charge >= 0.3 is 0 Å². The Morgan fingerprint density at radius 2 is 2.05 bits per heavy atom. The molecule has 0 fully saturated rings. The average molecular weight is 330 g/mol. The van der Waals surface area contributed by atoms with Crippen LogP contribution in [-0.4, -0.2) is 30.9 Å². The van der Waals surface area contributed by atoms with Gasteiger partial charge in [0.15, 0.2) is 0 Å². The molecule has 3 nitrogen and oxygen atoms in total. The minimum Gasteiger partial charge on any atom is -0.490 e. The van der Waals surface area contributed by atoms with E-state index < -0.39 is 6.10 Å². The normalized spacial score (nSPS) is 13.4. The van der Waals surface area contributed by atoms with Crippen LogP contribution in [0, 0.1) is 12.3 Å². The third kappa shape index (κ3) is 6.95. The zero-order chi connectivity index (χ0) is 14.5. The highest BCUT2D eigenvalue weighted by atomic mass is 79.9. The van der Waals surface area contributed by atoms with E-state index >= 15 is 0 Å². The molecule has 19 heavy (non-hydrogen) atoms. The molecule has 0 heterocycles. The van der Waals surface area contributed by atoms with Crippen molar-refractivity contribution < 1.29 is 9.84 Å². The SMILES string of the molecule is Cc1ccc(OCC(O)CNCC(C)(C)C)c(Br)c1. The fourth-order valence-corrected chi connectivity index (χ4v) is 2.19. The second kappa shape index (κ2) is 7.27. The molecule has 0 saturated heterocycles. The van der Waals surface area contributed by atoms with Crippen LogP contribution in [0.3, 0.4) is 0 Å². The maximum atomic E-state index is 9.85. The third-order valence-electron chi connectivity index (χ3n) is 2.55. The molecule has 4 heteroatoms. The van der Waals surface area contributed by atoms with Crippen molar-refractivity contribution in [1.82, 2.24) is 5.32 Å². The van der Waals surface area contributed by atoms with Crippen LogP contribution in [0.2, 0.25) is 0 Å². The van der Waals surface area contributed by atoms with E-state index in [4.69, 9.17) is 4.74 Å². The summed E-state index contributed by atoms with van der Waals surface area (Å²) in [6.07, 6.45) is -0.504. The number of aryl methyl sites for hydroxylation is 1. The summed E-state index contributed by atoms with van der Waals surface area (Å²) in [4.78, 5) is 0. The number of ether oxygens (including phenoxy) is 1. The molecule has 2 N–H and O–H groups in total. The van der Waals surface area contributed by atoms with E-state index in [1.165, 1.54) is 5.56 Å². The lowest BCUT2D eigenvalue weighted by atomic mass is 9.97. The lowest BCUT2D eigenvalue weighted by Crippen LogP contribution is -2.36. The lowest BCUT2D eigenvalue weighted by molar-refractivity contribution is 0.104. The Bertz CT molecular complexity index is 402. The molecule has 0 aliphatic heterocycles. The highest BCUT2D eigenvalue weighted by molar-refractivity contribution is 9.10. The molecule has 1 atom stereocenters. The highest BCUT2D eigenvalue weighted by Gasteiger charge is 2.11. The predicted octanol–water partition coefficient (Wildman–Crippen LogP) is 3.13. The second-order valence-electron chi connectivity index (χ2n) is 6.09. The van der Waals surface area contributed by atoms with Crippen LogP contribution in [0.25, 0.3) is 0 Å². The van der Waals surface area contributed by atoms with Gasteiger partial charge in [0.05, 0.1) is 4.47 Å². The maximum absolute atomic E-state index is 9.85. The van der Waals surface area contributed by atoms with E-state index in [2.05, 4.69) is 42.0 Å². The Morgan fingerprint density at radius 1 is 1.37 bits per heavy atom. The first kappa shape index (κ1) is 16.5. The van der Waals surface area contributed by atoms with Crippen LogP contribution in [-0.2, 0) is 0 Å². The number of hydrogen-bond donors (Lipinski definition) is 2. The van der Waals surface area contributed by atoms with Gasteiger partial charge in [-0.1, -0.05) is 26.8 Å². The molecule has 108 valence electrons. The number of halogens is 1.